The van der Waals surface area contributed by atoms with E-state index in [0.717, 1.165) is 18.4 Å². The molecule has 110 valence electrons. The van der Waals surface area contributed by atoms with Crippen LogP contribution in [0.4, 0.5) is 4.39 Å². The molecule has 0 fully saturated rings. The molecule has 0 unspecified atom stereocenters. The Morgan fingerprint density at radius 2 is 1.62 bits per heavy atom. The third-order valence-corrected chi connectivity index (χ3v) is 4.71. The molecule has 0 radical (unpaired) electrons. The molecule has 2 N–H and O–H groups in total. The number of likely N-dealkylation sites (N-methyl/N-ethyl adjacent to an activating group) is 1. The van der Waals surface area contributed by atoms with Crippen LogP contribution in [0.25, 0.3) is 0 Å². The van der Waals surface area contributed by atoms with E-state index in [9.17, 15) is 4.39 Å². The number of halogens is 1. The van der Waals surface area contributed by atoms with Crippen LogP contribution in [-0.2, 0) is 19.4 Å². The van der Waals surface area contributed by atoms with Gasteiger partial charge in [0.15, 0.2) is 0 Å². The number of nitrogens with two attached hydrogens (primary N) is 1. The summed E-state index contributed by atoms with van der Waals surface area (Å²) in [4.78, 5) is 2.21. The van der Waals surface area contributed by atoms with Gasteiger partial charge in [-0.2, -0.15) is 0 Å². The Hall–Kier alpha value is -1.71. The molecule has 3 heteroatoms. The van der Waals surface area contributed by atoms with E-state index in [4.69, 9.17) is 5.73 Å². The second kappa shape index (κ2) is 5.58. The minimum atomic E-state index is -0.146. The number of hydrogen-bond acceptors (Lipinski definition) is 2. The lowest BCUT2D eigenvalue weighted by molar-refractivity contribution is 0.126. The van der Waals surface area contributed by atoms with E-state index in [1.165, 1.54) is 17.2 Å². The standard InChI is InChI=1S/C18H21FN2/c1-21(12-16-8-4-5-9-17(16)19)18(13-20)10-14-6-2-3-7-15(14)11-18/h2-9H,10-13,20H2,1H3. The molecule has 2 nitrogen and oxygen atoms in total. The third-order valence-electron chi connectivity index (χ3n) is 4.71. The summed E-state index contributed by atoms with van der Waals surface area (Å²) in [7, 11) is 2.05. The molecule has 0 heterocycles. The molecule has 1 aliphatic rings. The summed E-state index contributed by atoms with van der Waals surface area (Å²) < 4.78 is 13.9. The zero-order chi connectivity index (χ0) is 14.9. The van der Waals surface area contributed by atoms with E-state index >= 15 is 0 Å². The van der Waals surface area contributed by atoms with Gasteiger partial charge in [0.1, 0.15) is 5.82 Å². The van der Waals surface area contributed by atoms with Crippen molar-refractivity contribution in [1.29, 1.82) is 0 Å². The lowest BCUT2D eigenvalue weighted by atomic mass is 9.93. The van der Waals surface area contributed by atoms with Crippen molar-refractivity contribution < 1.29 is 4.39 Å². The molecule has 0 saturated heterocycles. The molecule has 0 aromatic heterocycles. The van der Waals surface area contributed by atoms with E-state index in [0.29, 0.717) is 13.1 Å². The first-order valence-corrected chi connectivity index (χ1v) is 7.36. The van der Waals surface area contributed by atoms with Gasteiger partial charge in [0.2, 0.25) is 0 Å². The van der Waals surface area contributed by atoms with Crippen LogP contribution in [0.3, 0.4) is 0 Å². The highest BCUT2D eigenvalue weighted by Crippen LogP contribution is 2.34. The van der Waals surface area contributed by atoms with Crippen molar-refractivity contribution in [3.05, 3.63) is 71.0 Å². The molecule has 21 heavy (non-hydrogen) atoms. The lowest BCUT2D eigenvalue weighted by Crippen LogP contribution is -2.52. The second-order valence-electron chi connectivity index (χ2n) is 6.00. The zero-order valence-corrected chi connectivity index (χ0v) is 12.3. The van der Waals surface area contributed by atoms with Crippen molar-refractivity contribution in [2.24, 2.45) is 5.73 Å². The predicted molar refractivity (Wildman–Crippen MR) is 83.5 cm³/mol. The molecule has 0 amide bonds. The lowest BCUT2D eigenvalue weighted by Gasteiger charge is -2.38. The highest BCUT2D eigenvalue weighted by Gasteiger charge is 2.39. The predicted octanol–water partition coefficient (Wildman–Crippen LogP) is 2.75. The Morgan fingerprint density at radius 3 is 2.19 bits per heavy atom. The molecule has 0 bridgehead atoms. The van der Waals surface area contributed by atoms with Gasteiger partial charge < -0.3 is 5.73 Å². The van der Waals surface area contributed by atoms with E-state index in [-0.39, 0.29) is 11.4 Å². The Kier molecular flexibility index (Phi) is 3.79. The van der Waals surface area contributed by atoms with Gasteiger partial charge in [0.25, 0.3) is 0 Å². The number of fused-ring (bicyclic) bond motifs is 1. The summed E-state index contributed by atoms with van der Waals surface area (Å²) >= 11 is 0. The van der Waals surface area contributed by atoms with E-state index in [1.54, 1.807) is 6.07 Å². The number of rotatable bonds is 4. The maximum Gasteiger partial charge on any atom is 0.127 e. The molecule has 2 aromatic rings. The topological polar surface area (TPSA) is 29.3 Å². The van der Waals surface area contributed by atoms with E-state index < -0.39 is 0 Å². The third kappa shape index (κ3) is 2.59. The van der Waals surface area contributed by atoms with Crippen molar-refractivity contribution in [3.8, 4) is 0 Å². The van der Waals surface area contributed by atoms with Gasteiger partial charge in [-0.25, -0.2) is 4.39 Å². The molecule has 3 rings (SSSR count). The minimum absolute atomic E-state index is 0.105. The van der Waals surface area contributed by atoms with Crippen LogP contribution in [0.2, 0.25) is 0 Å². The van der Waals surface area contributed by atoms with Gasteiger partial charge in [-0.3, -0.25) is 4.90 Å². The average molecular weight is 284 g/mol. The van der Waals surface area contributed by atoms with Crippen molar-refractivity contribution in [3.63, 3.8) is 0 Å². The largest absolute Gasteiger partial charge is 0.329 e. The van der Waals surface area contributed by atoms with Gasteiger partial charge >= 0.3 is 0 Å². The number of nitrogens with zero attached hydrogens (tertiary/aromatic N) is 1. The van der Waals surface area contributed by atoms with Gasteiger partial charge in [-0.05, 0) is 37.1 Å². The Labute approximate surface area is 125 Å². The minimum Gasteiger partial charge on any atom is -0.329 e. The monoisotopic (exact) mass is 284 g/mol. The maximum absolute atomic E-state index is 13.9. The van der Waals surface area contributed by atoms with Crippen LogP contribution < -0.4 is 5.73 Å². The molecule has 2 aromatic carbocycles. The molecule has 0 aliphatic heterocycles. The average Bonchev–Trinajstić information content (AvgIpc) is 2.89. The first-order valence-electron chi connectivity index (χ1n) is 7.36. The Bertz CT molecular complexity index is 614. The van der Waals surface area contributed by atoms with E-state index in [2.05, 4.69) is 29.2 Å². The van der Waals surface area contributed by atoms with Crippen LogP contribution in [0.1, 0.15) is 16.7 Å². The number of benzene rings is 2. The van der Waals surface area contributed by atoms with Gasteiger partial charge in [0, 0.05) is 24.2 Å². The van der Waals surface area contributed by atoms with Crippen molar-refractivity contribution in [1.82, 2.24) is 4.90 Å². The molecule has 0 saturated carbocycles. The Morgan fingerprint density at radius 1 is 1.05 bits per heavy atom. The zero-order valence-electron chi connectivity index (χ0n) is 12.3. The van der Waals surface area contributed by atoms with Crippen LogP contribution in [0.5, 0.6) is 0 Å². The van der Waals surface area contributed by atoms with Crippen LogP contribution in [-0.4, -0.2) is 24.0 Å². The van der Waals surface area contributed by atoms with Crippen LogP contribution >= 0.6 is 0 Å². The molecular weight excluding hydrogens is 263 g/mol. The number of hydrogen-bond donors (Lipinski definition) is 1. The fourth-order valence-corrected chi connectivity index (χ4v) is 3.29. The van der Waals surface area contributed by atoms with Crippen molar-refractivity contribution in [2.45, 2.75) is 24.9 Å². The fraction of sp³-hybridized carbons (Fsp3) is 0.333. The first-order chi connectivity index (χ1) is 10.1. The van der Waals surface area contributed by atoms with Gasteiger partial charge in [-0.15, -0.1) is 0 Å². The molecule has 0 atom stereocenters. The van der Waals surface area contributed by atoms with Gasteiger partial charge in [-0.1, -0.05) is 42.5 Å². The van der Waals surface area contributed by atoms with E-state index in [1.807, 2.05) is 19.2 Å². The highest BCUT2D eigenvalue weighted by atomic mass is 19.1. The molecule has 1 aliphatic carbocycles. The second-order valence-corrected chi connectivity index (χ2v) is 6.00. The molecular formula is C18H21FN2. The summed E-state index contributed by atoms with van der Waals surface area (Å²) in [6.45, 7) is 1.16. The summed E-state index contributed by atoms with van der Waals surface area (Å²) in [5, 5.41) is 0. The summed E-state index contributed by atoms with van der Waals surface area (Å²) in [6.07, 6.45) is 1.87. The maximum atomic E-state index is 13.9. The van der Waals surface area contributed by atoms with Crippen molar-refractivity contribution >= 4 is 0 Å². The summed E-state index contributed by atoms with van der Waals surface area (Å²) in [5.41, 5.74) is 9.45. The summed E-state index contributed by atoms with van der Waals surface area (Å²) in [5.74, 6) is -0.146. The van der Waals surface area contributed by atoms with Crippen LogP contribution in [0.15, 0.2) is 48.5 Å². The quantitative estimate of drug-likeness (QED) is 0.935. The Balaban J connectivity index is 1.83. The van der Waals surface area contributed by atoms with Crippen LogP contribution in [0, 0.1) is 5.82 Å². The summed E-state index contributed by atoms with van der Waals surface area (Å²) in [6, 6.07) is 15.4. The highest BCUT2D eigenvalue weighted by molar-refractivity contribution is 5.36. The SMILES string of the molecule is CN(Cc1ccccc1F)C1(CN)Cc2ccccc2C1. The first kappa shape index (κ1) is 14.2. The smallest absolute Gasteiger partial charge is 0.127 e. The normalized spacial score (nSPS) is 16.2. The van der Waals surface area contributed by atoms with Gasteiger partial charge in [0.05, 0.1) is 0 Å². The molecule has 0 spiro atoms. The fourth-order valence-electron chi connectivity index (χ4n) is 3.29. The van der Waals surface area contributed by atoms with Crippen molar-refractivity contribution in [2.75, 3.05) is 13.6 Å².